The molecule has 0 aromatic rings. The van der Waals surface area contributed by atoms with Crippen LogP contribution in [0.4, 0.5) is 0 Å². The molecular formula is C31H61O10P. The van der Waals surface area contributed by atoms with E-state index in [1.54, 1.807) is 0 Å². The Morgan fingerprint density at radius 1 is 0.619 bits per heavy atom. The van der Waals surface area contributed by atoms with Crippen LogP contribution in [-0.4, -0.2) is 65.7 Å². The third-order valence-corrected chi connectivity index (χ3v) is 7.96. The highest BCUT2D eigenvalue weighted by Crippen LogP contribution is 2.43. The molecular weight excluding hydrogens is 563 g/mol. The van der Waals surface area contributed by atoms with Gasteiger partial charge >= 0.3 is 19.8 Å². The van der Waals surface area contributed by atoms with Gasteiger partial charge in [-0.05, 0) is 12.8 Å². The predicted molar refractivity (Wildman–Crippen MR) is 164 cm³/mol. The number of phosphoric acid groups is 1. The number of rotatable bonds is 31. The van der Waals surface area contributed by atoms with Crippen molar-refractivity contribution in [2.45, 2.75) is 161 Å². The fourth-order valence-corrected chi connectivity index (χ4v) is 5.19. The van der Waals surface area contributed by atoms with Gasteiger partial charge in [0.1, 0.15) is 12.7 Å². The van der Waals surface area contributed by atoms with Crippen molar-refractivity contribution in [1.29, 1.82) is 0 Å². The van der Waals surface area contributed by atoms with Crippen LogP contribution in [0.25, 0.3) is 0 Å². The molecule has 3 N–H and O–H groups in total. The lowest BCUT2D eigenvalue weighted by Crippen LogP contribution is -2.29. The zero-order valence-electron chi connectivity index (χ0n) is 26.5. The van der Waals surface area contributed by atoms with Gasteiger partial charge in [-0.1, -0.05) is 123 Å². The van der Waals surface area contributed by atoms with E-state index in [0.29, 0.717) is 12.8 Å². The van der Waals surface area contributed by atoms with Crippen LogP contribution in [0, 0.1) is 0 Å². The third kappa shape index (κ3) is 27.8. The maximum atomic E-state index is 12.4. The van der Waals surface area contributed by atoms with Crippen LogP contribution in [0.5, 0.6) is 0 Å². The normalized spacial score (nSPS) is 14.3. The highest BCUT2D eigenvalue weighted by molar-refractivity contribution is 7.47. The molecule has 0 aliphatic rings. The number of aliphatic hydroxyl groups is 2. The Morgan fingerprint density at radius 2 is 1.02 bits per heavy atom. The highest BCUT2D eigenvalue weighted by atomic mass is 31.2. The molecule has 11 heteroatoms. The van der Waals surface area contributed by atoms with E-state index >= 15 is 0 Å². The molecule has 250 valence electrons. The summed E-state index contributed by atoms with van der Waals surface area (Å²) < 4.78 is 32.1. The van der Waals surface area contributed by atoms with Gasteiger partial charge in [0, 0.05) is 12.8 Å². The first-order valence-electron chi connectivity index (χ1n) is 16.5. The molecule has 0 rings (SSSR count). The van der Waals surface area contributed by atoms with Crippen LogP contribution in [0.3, 0.4) is 0 Å². The van der Waals surface area contributed by atoms with Gasteiger partial charge in [0.25, 0.3) is 0 Å². The maximum absolute atomic E-state index is 12.4. The summed E-state index contributed by atoms with van der Waals surface area (Å²) in [6, 6.07) is 0. The quantitative estimate of drug-likeness (QED) is 0.0412. The highest BCUT2D eigenvalue weighted by Gasteiger charge is 2.27. The fourth-order valence-electron chi connectivity index (χ4n) is 4.40. The summed E-state index contributed by atoms with van der Waals surface area (Å²) in [5.41, 5.74) is 0. The molecule has 0 amide bonds. The summed E-state index contributed by atoms with van der Waals surface area (Å²) in [5.74, 6) is -0.947. The smallest absolute Gasteiger partial charge is 0.462 e. The number of carbonyl (C=O) groups is 2. The van der Waals surface area contributed by atoms with E-state index in [2.05, 4.69) is 11.4 Å². The minimum absolute atomic E-state index is 0.190. The first kappa shape index (κ1) is 41.0. The SMILES string of the molecule is CCCCCCCCCCCCCCCCCCC(=O)OC(COC(=O)CCCCC)COP(=O)(O)OCC(O)CO. The van der Waals surface area contributed by atoms with E-state index in [-0.39, 0.29) is 19.4 Å². The van der Waals surface area contributed by atoms with Gasteiger partial charge in [-0.15, -0.1) is 0 Å². The maximum Gasteiger partial charge on any atom is 0.472 e. The molecule has 42 heavy (non-hydrogen) atoms. The third-order valence-electron chi connectivity index (χ3n) is 7.01. The summed E-state index contributed by atoms with van der Waals surface area (Å²) in [6.45, 7) is 2.17. The van der Waals surface area contributed by atoms with Crippen LogP contribution in [0.1, 0.15) is 149 Å². The number of carbonyl (C=O) groups excluding carboxylic acids is 2. The van der Waals surface area contributed by atoms with Gasteiger partial charge in [-0.2, -0.15) is 0 Å². The zero-order valence-corrected chi connectivity index (χ0v) is 27.4. The number of hydrogen-bond acceptors (Lipinski definition) is 9. The van der Waals surface area contributed by atoms with Crippen molar-refractivity contribution < 1.29 is 47.8 Å². The van der Waals surface area contributed by atoms with Crippen molar-refractivity contribution >= 4 is 19.8 Å². The molecule has 3 unspecified atom stereocenters. The minimum atomic E-state index is -4.58. The summed E-state index contributed by atoms with van der Waals surface area (Å²) in [6.07, 6.45) is 20.3. The first-order chi connectivity index (χ1) is 20.2. The molecule has 0 spiro atoms. The molecule has 0 saturated carbocycles. The lowest BCUT2D eigenvalue weighted by Gasteiger charge is -2.20. The molecule has 0 heterocycles. The molecule has 0 radical (unpaired) electrons. The summed E-state index contributed by atoms with van der Waals surface area (Å²) in [4.78, 5) is 34.2. The van der Waals surface area contributed by atoms with Crippen LogP contribution in [-0.2, 0) is 32.7 Å². The van der Waals surface area contributed by atoms with Crippen molar-refractivity contribution in [2.24, 2.45) is 0 Å². The average molecular weight is 625 g/mol. The van der Waals surface area contributed by atoms with E-state index in [0.717, 1.165) is 32.1 Å². The van der Waals surface area contributed by atoms with E-state index in [4.69, 9.17) is 19.1 Å². The van der Waals surface area contributed by atoms with E-state index in [9.17, 15) is 24.2 Å². The Bertz CT molecular complexity index is 691. The number of phosphoric ester groups is 1. The molecule has 0 fully saturated rings. The van der Waals surface area contributed by atoms with Crippen LogP contribution in [0.2, 0.25) is 0 Å². The Labute approximate surface area is 254 Å². The molecule has 10 nitrogen and oxygen atoms in total. The molecule has 0 aromatic heterocycles. The number of esters is 2. The zero-order chi connectivity index (χ0) is 31.3. The molecule has 0 bridgehead atoms. The van der Waals surface area contributed by atoms with Crippen molar-refractivity contribution in [3.8, 4) is 0 Å². The van der Waals surface area contributed by atoms with E-state index < -0.39 is 51.8 Å². The van der Waals surface area contributed by atoms with Gasteiger partial charge in [0.2, 0.25) is 0 Å². The lowest BCUT2D eigenvalue weighted by molar-refractivity contribution is -0.161. The molecule has 3 atom stereocenters. The number of hydrogen-bond donors (Lipinski definition) is 3. The number of aliphatic hydroxyl groups excluding tert-OH is 2. The Balaban J connectivity index is 4.17. The summed E-state index contributed by atoms with van der Waals surface area (Å²) in [5, 5.41) is 18.1. The number of unbranched alkanes of at least 4 members (excludes halogenated alkanes) is 17. The van der Waals surface area contributed by atoms with Gasteiger partial charge in [-0.3, -0.25) is 18.6 Å². The van der Waals surface area contributed by atoms with Gasteiger partial charge < -0.3 is 24.6 Å². The summed E-state index contributed by atoms with van der Waals surface area (Å²) >= 11 is 0. The van der Waals surface area contributed by atoms with Crippen molar-refractivity contribution in [3.63, 3.8) is 0 Å². The lowest BCUT2D eigenvalue weighted by atomic mass is 10.0. The average Bonchev–Trinajstić information content (AvgIpc) is 2.97. The minimum Gasteiger partial charge on any atom is -0.462 e. The second kappa shape index (κ2) is 28.7. The van der Waals surface area contributed by atoms with Crippen molar-refractivity contribution in [2.75, 3.05) is 26.4 Å². The number of ether oxygens (including phenoxy) is 2. The largest absolute Gasteiger partial charge is 0.472 e. The molecule has 0 aromatic carbocycles. The van der Waals surface area contributed by atoms with Crippen molar-refractivity contribution in [3.05, 3.63) is 0 Å². The second-order valence-corrected chi connectivity index (χ2v) is 12.7. The van der Waals surface area contributed by atoms with Gasteiger partial charge in [-0.25, -0.2) is 4.57 Å². The molecule has 0 aliphatic carbocycles. The fraction of sp³-hybridized carbons (Fsp3) is 0.935. The van der Waals surface area contributed by atoms with E-state index in [1.807, 2.05) is 6.92 Å². The van der Waals surface area contributed by atoms with Gasteiger partial charge in [0.15, 0.2) is 6.10 Å². The first-order valence-corrected chi connectivity index (χ1v) is 18.0. The van der Waals surface area contributed by atoms with Crippen LogP contribution < -0.4 is 0 Å². The Hall–Kier alpha value is -1.03. The van der Waals surface area contributed by atoms with Gasteiger partial charge in [0.05, 0.1) is 19.8 Å². The van der Waals surface area contributed by atoms with E-state index in [1.165, 1.54) is 77.0 Å². The van der Waals surface area contributed by atoms with Crippen LogP contribution in [0.15, 0.2) is 0 Å². The monoisotopic (exact) mass is 624 g/mol. The van der Waals surface area contributed by atoms with Crippen LogP contribution >= 0.6 is 7.82 Å². The second-order valence-electron chi connectivity index (χ2n) is 11.2. The van der Waals surface area contributed by atoms with Crippen molar-refractivity contribution in [1.82, 2.24) is 0 Å². The summed E-state index contributed by atoms with van der Waals surface area (Å²) in [7, 11) is -4.58. The molecule has 0 aliphatic heterocycles. The topological polar surface area (TPSA) is 149 Å². The Morgan fingerprint density at radius 3 is 1.52 bits per heavy atom. The molecule has 0 saturated heterocycles. The standard InChI is InChI=1S/C31H61O10P/c1-3-5-7-8-9-10-11-12-13-14-15-16-17-18-19-21-23-31(35)41-29(26-38-30(34)22-20-6-4-2)27-40-42(36,37)39-25-28(33)24-32/h28-29,32-33H,3-27H2,1-2H3,(H,36,37). The predicted octanol–water partition coefficient (Wildman–Crippen LogP) is 7.16. The Kier molecular flexibility index (Phi) is 28.0.